The van der Waals surface area contributed by atoms with Crippen LogP contribution in [0.5, 0.6) is 5.75 Å². The van der Waals surface area contributed by atoms with Crippen molar-refractivity contribution in [1.29, 1.82) is 0 Å². The standard InChI is InChI=1S/C19H23IN2O2/c1-4-22(5-2)14(3)24-18-12-10-17(11-13-18)21-19(23)15-6-8-16(20)9-7-15/h6-14H,4-5H2,1-3H3,(H,21,23). The molecule has 0 aromatic heterocycles. The molecule has 0 aliphatic heterocycles. The fourth-order valence-electron chi connectivity index (χ4n) is 2.43. The van der Waals surface area contributed by atoms with Crippen LogP contribution in [0.2, 0.25) is 0 Å². The predicted molar refractivity (Wildman–Crippen MR) is 107 cm³/mol. The third-order valence-electron chi connectivity index (χ3n) is 3.85. The molecule has 1 unspecified atom stereocenters. The number of nitrogens with zero attached hydrogens (tertiary/aromatic N) is 1. The van der Waals surface area contributed by atoms with Crippen molar-refractivity contribution in [2.75, 3.05) is 18.4 Å². The maximum Gasteiger partial charge on any atom is 0.255 e. The van der Waals surface area contributed by atoms with Gasteiger partial charge in [-0.2, -0.15) is 0 Å². The molecule has 0 aliphatic carbocycles. The molecular formula is C19H23IN2O2. The first-order valence-corrected chi connectivity index (χ1v) is 9.19. The Morgan fingerprint density at radius 3 is 2.21 bits per heavy atom. The highest BCUT2D eigenvalue weighted by Gasteiger charge is 2.11. The number of anilines is 1. The molecule has 128 valence electrons. The Labute approximate surface area is 157 Å². The van der Waals surface area contributed by atoms with E-state index in [4.69, 9.17) is 4.74 Å². The Morgan fingerprint density at radius 2 is 1.67 bits per heavy atom. The number of benzene rings is 2. The van der Waals surface area contributed by atoms with Crippen molar-refractivity contribution in [3.63, 3.8) is 0 Å². The molecule has 2 rings (SSSR count). The number of amides is 1. The van der Waals surface area contributed by atoms with Crippen LogP contribution in [0.1, 0.15) is 31.1 Å². The lowest BCUT2D eigenvalue weighted by molar-refractivity contribution is 0.0481. The lowest BCUT2D eigenvalue weighted by Crippen LogP contribution is -2.36. The van der Waals surface area contributed by atoms with E-state index >= 15 is 0 Å². The molecule has 0 aliphatic rings. The predicted octanol–water partition coefficient (Wildman–Crippen LogP) is 4.61. The van der Waals surface area contributed by atoms with E-state index in [0.717, 1.165) is 28.1 Å². The molecule has 0 saturated heterocycles. The van der Waals surface area contributed by atoms with Crippen molar-refractivity contribution in [1.82, 2.24) is 4.90 Å². The zero-order valence-electron chi connectivity index (χ0n) is 14.3. The first-order chi connectivity index (χ1) is 11.5. The molecule has 1 atom stereocenters. The van der Waals surface area contributed by atoms with Crippen LogP contribution in [0.15, 0.2) is 48.5 Å². The van der Waals surface area contributed by atoms with Crippen molar-refractivity contribution in [3.8, 4) is 5.75 Å². The number of hydrogen-bond acceptors (Lipinski definition) is 3. The lowest BCUT2D eigenvalue weighted by Gasteiger charge is -2.26. The van der Waals surface area contributed by atoms with Gasteiger partial charge in [0.05, 0.1) is 0 Å². The van der Waals surface area contributed by atoms with Crippen molar-refractivity contribution in [3.05, 3.63) is 57.7 Å². The fourth-order valence-corrected chi connectivity index (χ4v) is 2.79. The zero-order chi connectivity index (χ0) is 17.5. The van der Waals surface area contributed by atoms with Crippen LogP contribution in [0, 0.1) is 3.57 Å². The van der Waals surface area contributed by atoms with E-state index < -0.39 is 0 Å². The number of hydrogen-bond donors (Lipinski definition) is 1. The summed E-state index contributed by atoms with van der Waals surface area (Å²) in [6.45, 7) is 8.17. The van der Waals surface area contributed by atoms with Gasteiger partial charge in [0.25, 0.3) is 5.91 Å². The Kier molecular flexibility index (Phi) is 7.05. The highest BCUT2D eigenvalue weighted by molar-refractivity contribution is 14.1. The van der Waals surface area contributed by atoms with Gasteiger partial charge in [-0.3, -0.25) is 9.69 Å². The molecule has 0 bridgehead atoms. The van der Waals surface area contributed by atoms with Crippen LogP contribution in [0.4, 0.5) is 5.69 Å². The van der Waals surface area contributed by atoms with Gasteiger partial charge >= 0.3 is 0 Å². The topological polar surface area (TPSA) is 41.6 Å². The van der Waals surface area contributed by atoms with Gasteiger partial charge in [0, 0.05) is 14.8 Å². The minimum atomic E-state index is -0.114. The average molecular weight is 438 g/mol. The number of carbonyl (C=O) groups excluding carboxylic acids is 1. The first kappa shape index (κ1) is 18.7. The summed E-state index contributed by atoms with van der Waals surface area (Å²) < 4.78 is 7.03. The van der Waals surface area contributed by atoms with Gasteiger partial charge in [0.2, 0.25) is 0 Å². The van der Waals surface area contributed by atoms with Crippen molar-refractivity contribution >= 4 is 34.2 Å². The highest BCUT2D eigenvalue weighted by atomic mass is 127. The third kappa shape index (κ3) is 5.21. The maximum atomic E-state index is 12.2. The van der Waals surface area contributed by atoms with E-state index in [1.54, 1.807) is 0 Å². The Bertz CT molecular complexity index is 652. The van der Waals surface area contributed by atoms with Crippen LogP contribution in [-0.4, -0.2) is 30.1 Å². The van der Waals surface area contributed by atoms with Gasteiger partial charge in [-0.25, -0.2) is 0 Å². The number of rotatable bonds is 7. The molecule has 24 heavy (non-hydrogen) atoms. The second kappa shape index (κ2) is 9.03. The molecule has 0 heterocycles. The lowest BCUT2D eigenvalue weighted by atomic mass is 10.2. The Balaban J connectivity index is 1.96. The maximum absolute atomic E-state index is 12.2. The number of nitrogens with one attached hydrogen (secondary N) is 1. The van der Waals surface area contributed by atoms with Gasteiger partial charge in [-0.15, -0.1) is 0 Å². The summed E-state index contributed by atoms with van der Waals surface area (Å²) in [5.41, 5.74) is 1.40. The summed E-state index contributed by atoms with van der Waals surface area (Å²) in [4.78, 5) is 14.4. The van der Waals surface area contributed by atoms with E-state index in [1.165, 1.54) is 0 Å². The number of halogens is 1. The molecule has 1 N–H and O–H groups in total. The molecule has 0 spiro atoms. The molecule has 2 aromatic carbocycles. The van der Waals surface area contributed by atoms with Gasteiger partial charge in [0.1, 0.15) is 12.0 Å². The first-order valence-electron chi connectivity index (χ1n) is 8.11. The second-order valence-corrected chi connectivity index (χ2v) is 6.67. The minimum absolute atomic E-state index is 0.0206. The number of ether oxygens (including phenoxy) is 1. The summed E-state index contributed by atoms with van der Waals surface area (Å²) in [7, 11) is 0. The minimum Gasteiger partial charge on any atom is -0.475 e. The number of carbonyl (C=O) groups is 1. The average Bonchev–Trinajstić information content (AvgIpc) is 2.58. The quantitative estimate of drug-likeness (QED) is 0.507. The van der Waals surface area contributed by atoms with E-state index in [9.17, 15) is 4.79 Å². The largest absolute Gasteiger partial charge is 0.475 e. The van der Waals surface area contributed by atoms with Crippen LogP contribution >= 0.6 is 22.6 Å². The van der Waals surface area contributed by atoms with Crippen LogP contribution in [-0.2, 0) is 0 Å². The van der Waals surface area contributed by atoms with Gasteiger partial charge in [0.15, 0.2) is 0 Å². The van der Waals surface area contributed by atoms with Crippen LogP contribution in [0.25, 0.3) is 0 Å². The summed E-state index contributed by atoms with van der Waals surface area (Å²) >= 11 is 2.22. The highest BCUT2D eigenvalue weighted by Crippen LogP contribution is 2.19. The SMILES string of the molecule is CCN(CC)C(C)Oc1ccc(NC(=O)c2ccc(I)cc2)cc1. The summed E-state index contributed by atoms with van der Waals surface area (Å²) in [5, 5.41) is 2.90. The van der Waals surface area contributed by atoms with Gasteiger partial charge in [-0.05, 0) is 91.1 Å². The molecule has 1 amide bonds. The van der Waals surface area contributed by atoms with E-state index in [2.05, 4.69) is 46.7 Å². The van der Waals surface area contributed by atoms with Crippen molar-refractivity contribution < 1.29 is 9.53 Å². The zero-order valence-corrected chi connectivity index (χ0v) is 16.4. The molecule has 0 saturated carbocycles. The normalized spacial score (nSPS) is 12.0. The fraction of sp³-hybridized carbons (Fsp3) is 0.316. The molecule has 0 fully saturated rings. The molecule has 2 aromatic rings. The Hall–Kier alpha value is -1.60. The summed E-state index contributed by atoms with van der Waals surface area (Å²) in [5.74, 6) is 0.679. The van der Waals surface area contributed by atoms with Crippen molar-refractivity contribution in [2.45, 2.75) is 27.0 Å². The van der Waals surface area contributed by atoms with E-state index in [-0.39, 0.29) is 12.1 Å². The van der Waals surface area contributed by atoms with Gasteiger partial charge < -0.3 is 10.1 Å². The van der Waals surface area contributed by atoms with E-state index in [0.29, 0.717) is 5.56 Å². The smallest absolute Gasteiger partial charge is 0.255 e. The van der Waals surface area contributed by atoms with Gasteiger partial charge in [-0.1, -0.05) is 13.8 Å². The van der Waals surface area contributed by atoms with Crippen LogP contribution in [0.3, 0.4) is 0 Å². The Morgan fingerprint density at radius 1 is 1.08 bits per heavy atom. The third-order valence-corrected chi connectivity index (χ3v) is 4.57. The van der Waals surface area contributed by atoms with Crippen LogP contribution < -0.4 is 10.1 Å². The second-order valence-electron chi connectivity index (χ2n) is 5.42. The molecular weight excluding hydrogens is 415 g/mol. The molecule has 0 radical (unpaired) electrons. The molecule has 4 nitrogen and oxygen atoms in total. The van der Waals surface area contributed by atoms with E-state index in [1.807, 2.05) is 55.5 Å². The van der Waals surface area contributed by atoms with Crippen molar-refractivity contribution in [2.24, 2.45) is 0 Å². The summed E-state index contributed by atoms with van der Waals surface area (Å²) in [6.07, 6.45) is 0.0206. The molecule has 5 heteroatoms. The monoisotopic (exact) mass is 438 g/mol. The summed E-state index contributed by atoms with van der Waals surface area (Å²) in [6, 6.07) is 14.9.